The van der Waals surface area contributed by atoms with Crippen molar-refractivity contribution in [2.24, 2.45) is 5.92 Å². The van der Waals surface area contributed by atoms with Crippen LogP contribution in [0.15, 0.2) is 0 Å². The van der Waals surface area contributed by atoms with Gasteiger partial charge >= 0.3 is 6.03 Å². The van der Waals surface area contributed by atoms with E-state index in [0.717, 1.165) is 19.6 Å². The lowest BCUT2D eigenvalue weighted by molar-refractivity contribution is 0.183. The van der Waals surface area contributed by atoms with Crippen molar-refractivity contribution in [3.8, 4) is 0 Å². The molecule has 4 heteroatoms. The Kier molecular flexibility index (Phi) is 7.21. The summed E-state index contributed by atoms with van der Waals surface area (Å²) in [6, 6.07) is 0.583. The number of hydrogen-bond donors (Lipinski definition) is 1. The second kappa shape index (κ2) is 8.41. The average Bonchev–Trinajstić information content (AvgIpc) is 2.89. The van der Waals surface area contributed by atoms with Crippen molar-refractivity contribution in [1.29, 1.82) is 0 Å². The summed E-state index contributed by atoms with van der Waals surface area (Å²) in [7, 11) is 0. The number of nitrogens with zero attached hydrogens (tertiary/aromatic N) is 2. The Bertz CT molecular complexity index is 258. The molecule has 1 N–H and O–H groups in total. The first-order chi connectivity index (χ1) is 9.08. The van der Waals surface area contributed by atoms with Crippen molar-refractivity contribution >= 4 is 6.03 Å². The van der Waals surface area contributed by atoms with E-state index < -0.39 is 0 Å². The van der Waals surface area contributed by atoms with E-state index in [4.69, 9.17) is 0 Å². The summed E-state index contributed by atoms with van der Waals surface area (Å²) in [5, 5.41) is 3.11. The van der Waals surface area contributed by atoms with Crippen LogP contribution in [0.1, 0.15) is 47.0 Å². The Balaban J connectivity index is 2.45. The van der Waals surface area contributed by atoms with Crippen LogP contribution in [0.3, 0.4) is 0 Å². The molecule has 1 atom stereocenters. The van der Waals surface area contributed by atoms with Crippen molar-refractivity contribution in [3.63, 3.8) is 0 Å². The maximum absolute atomic E-state index is 12.0. The molecule has 0 aromatic heterocycles. The van der Waals surface area contributed by atoms with Crippen molar-refractivity contribution < 1.29 is 4.79 Å². The van der Waals surface area contributed by atoms with Gasteiger partial charge in [-0.25, -0.2) is 4.79 Å². The summed E-state index contributed by atoms with van der Waals surface area (Å²) in [5.41, 5.74) is 0. The molecule has 1 unspecified atom stereocenters. The topological polar surface area (TPSA) is 35.6 Å². The SMILES string of the molecule is CCN(CC)C(=O)NCC(CC(C)C)N1CCCC1. The molecular formula is C15H31N3O. The predicted molar refractivity (Wildman–Crippen MR) is 80.4 cm³/mol. The summed E-state index contributed by atoms with van der Waals surface area (Å²) in [6.45, 7) is 13.3. The fourth-order valence-electron chi connectivity index (χ4n) is 2.84. The predicted octanol–water partition coefficient (Wildman–Crippen LogP) is 2.55. The van der Waals surface area contributed by atoms with Gasteiger partial charge in [0.15, 0.2) is 0 Å². The molecule has 1 fully saturated rings. The summed E-state index contributed by atoms with van der Waals surface area (Å²) < 4.78 is 0. The molecule has 0 aromatic rings. The number of carbonyl (C=O) groups excluding carboxylic acids is 1. The summed E-state index contributed by atoms with van der Waals surface area (Å²) in [5.74, 6) is 0.677. The first-order valence-corrected chi connectivity index (χ1v) is 7.85. The second-order valence-corrected chi connectivity index (χ2v) is 5.88. The largest absolute Gasteiger partial charge is 0.336 e. The molecule has 19 heavy (non-hydrogen) atoms. The Morgan fingerprint density at radius 3 is 2.26 bits per heavy atom. The van der Waals surface area contributed by atoms with Gasteiger partial charge in [-0.2, -0.15) is 0 Å². The fraction of sp³-hybridized carbons (Fsp3) is 0.933. The number of nitrogens with one attached hydrogen (secondary N) is 1. The molecular weight excluding hydrogens is 238 g/mol. The van der Waals surface area contributed by atoms with E-state index in [2.05, 4.69) is 24.1 Å². The standard InChI is InChI=1S/C15H31N3O/c1-5-17(6-2)15(19)16-12-14(11-13(3)4)18-9-7-8-10-18/h13-14H,5-12H2,1-4H3,(H,16,19). The second-order valence-electron chi connectivity index (χ2n) is 5.88. The van der Waals surface area contributed by atoms with Crippen LogP contribution < -0.4 is 5.32 Å². The Morgan fingerprint density at radius 1 is 1.21 bits per heavy atom. The maximum atomic E-state index is 12.0. The fourth-order valence-corrected chi connectivity index (χ4v) is 2.84. The van der Waals surface area contributed by atoms with Crippen molar-refractivity contribution in [3.05, 3.63) is 0 Å². The lowest BCUT2D eigenvalue weighted by Gasteiger charge is -2.30. The van der Waals surface area contributed by atoms with Gasteiger partial charge in [0, 0.05) is 25.7 Å². The van der Waals surface area contributed by atoms with Crippen LogP contribution in [0.5, 0.6) is 0 Å². The van der Waals surface area contributed by atoms with Gasteiger partial charge in [0.2, 0.25) is 0 Å². The van der Waals surface area contributed by atoms with E-state index in [-0.39, 0.29) is 6.03 Å². The number of amides is 2. The molecule has 1 rings (SSSR count). The number of urea groups is 1. The van der Waals surface area contributed by atoms with Crippen molar-refractivity contribution in [1.82, 2.24) is 15.1 Å². The third-order valence-corrected chi connectivity index (χ3v) is 3.94. The number of likely N-dealkylation sites (tertiary alicyclic amines) is 1. The van der Waals surface area contributed by atoms with Gasteiger partial charge in [-0.05, 0) is 52.1 Å². The molecule has 4 nitrogen and oxygen atoms in total. The molecule has 1 saturated heterocycles. The van der Waals surface area contributed by atoms with Crippen LogP contribution in [-0.4, -0.2) is 54.6 Å². The van der Waals surface area contributed by atoms with E-state index in [1.807, 2.05) is 18.7 Å². The molecule has 1 aliphatic heterocycles. The summed E-state index contributed by atoms with van der Waals surface area (Å²) in [6.07, 6.45) is 3.77. The Labute approximate surface area is 118 Å². The van der Waals surface area contributed by atoms with Crippen LogP contribution in [0, 0.1) is 5.92 Å². The molecule has 0 bridgehead atoms. The van der Waals surface area contributed by atoms with E-state index in [1.54, 1.807) is 0 Å². The van der Waals surface area contributed by atoms with Crippen LogP contribution in [0.2, 0.25) is 0 Å². The highest BCUT2D eigenvalue weighted by atomic mass is 16.2. The molecule has 1 aliphatic rings. The van der Waals surface area contributed by atoms with E-state index >= 15 is 0 Å². The van der Waals surface area contributed by atoms with Gasteiger partial charge in [0.25, 0.3) is 0 Å². The van der Waals surface area contributed by atoms with E-state index in [1.165, 1.54) is 32.4 Å². The van der Waals surface area contributed by atoms with Crippen LogP contribution >= 0.6 is 0 Å². The normalized spacial score (nSPS) is 17.7. The Hall–Kier alpha value is -0.770. The number of carbonyl (C=O) groups is 1. The molecule has 0 aromatic carbocycles. The molecule has 0 saturated carbocycles. The zero-order valence-electron chi connectivity index (χ0n) is 13.1. The minimum absolute atomic E-state index is 0.0814. The first-order valence-electron chi connectivity index (χ1n) is 7.85. The molecule has 0 radical (unpaired) electrons. The Morgan fingerprint density at radius 2 is 1.79 bits per heavy atom. The van der Waals surface area contributed by atoms with E-state index in [9.17, 15) is 4.79 Å². The van der Waals surface area contributed by atoms with Gasteiger partial charge in [0.05, 0.1) is 0 Å². The zero-order chi connectivity index (χ0) is 14.3. The van der Waals surface area contributed by atoms with Gasteiger partial charge in [-0.15, -0.1) is 0 Å². The highest BCUT2D eigenvalue weighted by Gasteiger charge is 2.23. The first kappa shape index (κ1) is 16.3. The van der Waals surface area contributed by atoms with Gasteiger partial charge in [-0.3, -0.25) is 4.90 Å². The highest BCUT2D eigenvalue weighted by Crippen LogP contribution is 2.17. The minimum Gasteiger partial charge on any atom is -0.336 e. The quantitative estimate of drug-likeness (QED) is 0.771. The van der Waals surface area contributed by atoms with Gasteiger partial charge < -0.3 is 10.2 Å². The maximum Gasteiger partial charge on any atom is 0.317 e. The average molecular weight is 269 g/mol. The van der Waals surface area contributed by atoms with Crippen molar-refractivity contribution in [2.45, 2.75) is 53.0 Å². The van der Waals surface area contributed by atoms with Crippen LogP contribution in [-0.2, 0) is 0 Å². The minimum atomic E-state index is 0.0814. The summed E-state index contributed by atoms with van der Waals surface area (Å²) >= 11 is 0. The molecule has 112 valence electrons. The third kappa shape index (κ3) is 5.39. The smallest absolute Gasteiger partial charge is 0.317 e. The molecule has 0 spiro atoms. The number of hydrogen-bond acceptors (Lipinski definition) is 2. The molecule has 1 heterocycles. The molecule has 2 amide bonds. The zero-order valence-corrected chi connectivity index (χ0v) is 13.1. The van der Waals surface area contributed by atoms with E-state index in [0.29, 0.717) is 12.0 Å². The summed E-state index contributed by atoms with van der Waals surface area (Å²) in [4.78, 5) is 16.4. The lowest BCUT2D eigenvalue weighted by Crippen LogP contribution is -2.47. The van der Waals surface area contributed by atoms with Crippen LogP contribution in [0.4, 0.5) is 4.79 Å². The van der Waals surface area contributed by atoms with Crippen molar-refractivity contribution in [2.75, 3.05) is 32.7 Å². The van der Waals surface area contributed by atoms with Crippen LogP contribution in [0.25, 0.3) is 0 Å². The van der Waals surface area contributed by atoms with Gasteiger partial charge in [-0.1, -0.05) is 13.8 Å². The monoisotopic (exact) mass is 269 g/mol. The third-order valence-electron chi connectivity index (χ3n) is 3.94. The molecule has 0 aliphatic carbocycles. The lowest BCUT2D eigenvalue weighted by atomic mass is 10.0. The highest BCUT2D eigenvalue weighted by molar-refractivity contribution is 5.74. The number of rotatable bonds is 7. The van der Waals surface area contributed by atoms with Gasteiger partial charge in [0.1, 0.15) is 0 Å².